The second-order valence-electron chi connectivity index (χ2n) is 5.44. The molecule has 4 nitrogen and oxygen atoms in total. The molecule has 2 aromatic rings. The maximum absolute atomic E-state index is 12.7. The van der Waals surface area contributed by atoms with E-state index in [0.717, 1.165) is 5.56 Å². The van der Waals surface area contributed by atoms with Crippen molar-refractivity contribution in [2.75, 3.05) is 10.1 Å². The highest BCUT2D eigenvalue weighted by Crippen LogP contribution is 2.24. The Morgan fingerprint density at radius 1 is 1.04 bits per heavy atom. The lowest BCUT2D eigenvalue weighted by Gasteiger charge is -2.29. The van der Waals surface area contributed by atoms with Crippen molar-refractivity contribution in [2.45, 2.75) is 26.8 Å². The van der Waals surface area contributed by atoms with E-state index in [-0.39, 0.29) is 11.5 Å². The first kappa shape index (κ1) is 17.2. The second-order valence-corrected chi connectivity index (χ2v) is 7.57. The summed E-state index contributed by atoms with van der Waals surface area (Å²) < 4.78 is 26.3. The van der Waals surface area contributed by atoms with Gasteiger partial charge in [0.1, 0.15) is 6.04 Å². The number of rotatable bonds is 6. The van der Waals surface area contributed by atoms with Crippen LogP contribution in [-0.2, 0) is 10.0 Å². The van der Waals surface area contributed by atoms with Crippen LogP contribution in [0.25, 0.3) is 0 Å². The minimum absolute atomic E-state index is 0.0622. The van der Waals surface area contributed by atoms with Crippen LogP contribution in [0.4, 0.5) is 5.69 Å². The van der Waals surface area contributed by atoms with E-state index in [1.807, 2.05) is 25.1 Å². The number of hydrogen-bond acceptors (Lipinski definition) is 3. The summed E-state index contributed by atoms with van der Waals surface area (Å²) in [4.78, 5) is 12.7. The number of benzene rings is 2. The van der Waals surface area contributed by atoms with E-state index in [4.69, 9.17) is 0 Å². The van der Waals surface area contributed by atoms with Gasteiger partial charge in [-0.1, -0.05) is 48.0 Å². The van der Waals surface area contributed by atoms with Crippen LogP contribution in [-0.4, -0.2) is 26.0 Å². The van der Waals surface area contributed by atoms with E-state index in [9.17, 15) is 13.2 Å². The predicted molar refractivity (Wildman–Crippen MR) is 93.4 cm³/mol. The van der Waals surface area contributed by atoms with Crippen molar-refractivity contribution in [1.82, 2.24) is 0 Å². The molecule has 1 atom stereocenters. The predicted octanol–water partition coefficient (Wildman–Crippen LogP) is 3.42. The van der Waals surface area contributed by atoms with E-state index < -0.39 is 16.1 Å². The highest BCUT2D eigenvalue weighted by atomic mass is 32.2. The molecule has 0 aliphatic rings. The van der Waals surface area contributed by atoms with Gasteiger partial charge in [0.25, 0.3) is 0 Å². The van der Waals surface area contributed by atoms with Gasteiger partial charge in [-0.15, -0.1) is 0 Å². The number of anilines is 1. The molecule has 2 aromatic carbocycles. The first-order chi connectivity index (χ1) is 10.9. The molecule has 0 bridgehead atoms. The molecular weight excluding hydrogens is 310 g/mol. The Balaban J connectivity index is 2.45. The van der Waals surface area contributed by atoms with Crippen molar-refractivity contribution in [1.29, 1.82) is 0 Å². The van der Waals surface area contributed by atoms with Crippen molar-refractivity contribution in [3.63, 3.8) is 0 Å². The standard InChI is InChI=1S/C18H21NO3S/c1-4-23(21,22)19(17-12-10-14(2)11-13-17)15(3)18(20)16-8-6-5-7-9-16/h5-13,15H,4H2,1-3H3. The lowest BCUT2D eigenvalue weighted by atomic mass is 10.1. The molecule has 0 aromatic heterocycles. The molecule has 122 valence electrons. The molecule has 2 rings (SSSR count). The Morgan fingerprint density at radius 2 is 1.61 bits per heavy atom. The Morgan fingerprint density at radius 3 is 2.13 bits per heavy atom. The smallest absolute Gasteiger partial charge is 0.235 e. The van der Waals surface area contributed by atoms with Crippen LogP contribution in [0.5, 0.6) is 0 Å². The molecule has 0 radical (unpaired) electrons. The van der Waals surface area contributed by atoms with Crippen LogP contribution in [0, 0.1) is 6.92 Å². The molecule has 0 fully saturated rings. The van der Waals surface area contributed by atoms with Crippen LogP contribution in [0.3, 0.4) is 0 Å². The third-order valence-corrected chi connectivity index (χ3v) is 5.60. The fraction of sp³-hybridized carbons (Fsp3) is 0.278. The van der Waals surface area contributed by atoms with Crippen LogP contribution in [0.15, 0.2) is 54.6 Å². The molecule has 0 saturated carbocycles. The molecule has 0 saturated heterocycles. The van der Waals surface area contributed by atoms with E-state index >= 15 is 0 Å². The maximum atomic E-state index is 12.7. The number of carbonyl (C=O) groups is 1. The van der Waals surface area contributed by atoms with Gasteiger partial charge in [0.05, 0.1) is 11.4 Å². The molecule has 0 heterocycles. The molecule has 0 spiro atoms. The van der Waals surface area contributed by atoms with Gasteiger partial charge in [-0.05, 0) is 32.9 Å². The zero-order valence-electron chi connectivity index (χ0n) is 13.6. The van der Waals surface area contributed by atoms with Crippen molar-refractivity contribution < 1.29 is 13.2 Å². The second kappa shape index (κ2) is 6.96. The molecule has 0 aliphatic carbocycles. The number of aryl methyl sites for hydroxylation is 1. The van der Waals surface area contributed by atoms with Crippen LogP contribution < -0.4 is 4.31 Å². The zero-order chi connectivity index (χ0) is 17.0. The molecular formula is C18H21NO3S. The number of hydrogen-bond donors (Lipinski definition) is 0. The van der Waals surface area contributed by atoms with Crippen LogP contribution >= 0.6 is 0 Å². The van der Waals surface area contributed by atoms with E-state index in [2.05, 4.69) is 0 Å². The summed E-state index contributed by atoms with van der Waals surface area (Å²) >= 11 is 0. The number of sulfonamides is 1. The molecule has 23 heavy (non-hydrogen) atoms. The first-order valence-corrected chi connectivity index (χ1v) is 9.15. The van der Waals surface area contributed by atoms with Crippen LogP contribution in [0.2, 0.25) is 0 Å². The average Bonchev–Trinajstić information content (AvgIpc) is 2.56. The van der Waals surface area contributed by atoms with Gasteiger partial charge in [-0.25, -0.2) is 8.42 Å². The highest BCUT2D eigenvalue weighted by molar-refractivity contribution is 7.92. The van der Waals surface area contributed by atoms with Gasteiger partial charge in [0.15, 0.2) is 5.78 Å². The number of nitrogens with zero attached hydrogens (tertiary/aromatic N) is 1. The summed E-state index contributed by atoms with van der Waals surface area (Å²) in [5.41, 5.74) is 2.04. The third-order valence-electron chi connectivity index (χ3n) is 3.74. The maximum Gasteiger partial charge on any atom is 0.235 e. The van der Waals surface area contributed by atoms with Gasteiger partial charge in [0.2, 0.25) is 10.0 Å². The highest BCUT2D eigenvalue weighted by Gasteiger charge is 2.31. The topological polar surface area (TPSA) is 54.5 Å². The lowest BCUT2D eigenvalue weighted by Crippen LogP contribution is -2.44. The van der Waals surface area contributed by atoms with E-state index in [0.29, 0.717) is 11.3 Å². The Labute approximate surface area is 137 Å². The summed E-state index contributed by atoms with van der Waals surface area (Å²) in [6.45, 7) is 5.14. The molecule has 0 amide bonds. The molecule has 5 heteroatoms. The summed E-state index contributed by atoms with van der Waals surface area (Å²) in [6, 6.07) is 15.1. The van der Waals surface area contributed by atoms with Crippen molar-refractivity contribution >= 4 is 21.5 Å². The van der Waals surface area contributed by atoms with Gasteiger partial charge in [0, 0.05) is 5.56 Å². The Bertz CT molecular complexity index is 768. The van der Waals surface area contributed by atoms with Gasteiger partial charge in [-0.3, -0.25) is 9.10 Å². The number of carbonyl (C=O) groups excluding carboxylic acids is 1. The zero-order valence-corrected chi connectivity index (χ0v) is 14.4. The van der Waals surface area contributed by atoms with Gasteiger partial charge >= 0.3 is 0 Å². The fourth-order valence-corrected chi connectivity index (χ4v) is 3.70. The Kier molecular flexibility index (Phi) is 5.21. The molecule has 0 N–H and O–H groups in total. The summed E-state index contributed by atoms with van der Waals surface area (Å²) in [7, 11) is -3.57. The summed E-state index contributed by atoms with van der Waals surface area (Å²) in [5, 5.41) is 0. The lowest BCUT2D eigenvalue weighted by molar-refractivity contribution is 0.0969. The number of Topliss-reactive ketones (excluding diaryl/α,β-unsaturated/α-hetero) is 1. The van der Waals surface area contributed by atoms with Crippen molar-refractivity contribution in [2.24, 2.45) is 0 Å². The van der Waals surface area contributed by atoms with Crippen molar-refractivity contribution in [3.05, 3.63) is 65.7 Å². The minimum atomic E-state index is -3.57. The van der Waals surface area contributed by atoms with Crippen molar-refractivity contribution in [3.8, 4) is 0 Å². The molecule has 1 unspecified atom stereocenters. The quantitative estimate of drug-likeness (QED) is 0.762. The SMILES string of the molecule is CCS(=O)(=O)N(c1ccc(C)cc1)C(C)C(=O)c1ccccc1. The fourth-order valence-electron chi connectivity index (χ4n) is 2.41. The molecule has 0 aliphatic heterocycles. The van der Waals surface area contributed by atoms with Gasteiger partial charge < -0.3 is 0 Å². The Hall–Kier alpha value is -2.14. The summed E-state index contributed by atoms with van der Waals surface area (Å²) in [5.74, 6) is -0.281. The minimum Gasteiger partial charge on any atom is -0.292 e. The van der Waals surface area contributed by atoms with Crippen LogP contribution in [0.1, 0.15) is 29.8 Å². The third kappa shape index (κ3) is 3.79. The monoisotopic (exact) mass is 331 g/mol. The van der Waals surface area contributed by atoms with E-state index in [1.54, 1.807) is 50.2 Å². The van der Waals surface area contributed by atoms with Gasteiger partial charge in [-0.2, -0.15) is 0 Å². The normalized spacial score (nSPS) is 12.7. The average molecular weight is 331 g/mol. The first-order valence-electron chi connectivity index (χ1n) is 7.55. The van der Waals surface area contributed by atoms with E-state index in [1.165, 1.54) is 4.31 Å². The number of ketones is 1. The summed E-state index contributed by atoms with van der Waals surface area (Å²) in [6.07, 6.45) is 0. The largest absolute Gasteiger partial charge is 0.292 e.